The van der Waals surface area contributed by atoms with Gasteiger partial charge in [0.1, 0.15) is 11.4 Å². The van der Waals surface area contributed by atoms with Crippen molar-refractivity contribution in [3.8, 4) is 0 Å². The van der Waals surface area contributed by atoms with Crippen molar-refractivity contribution in [2.24, 2.45) is 5.92 Å². The van der Waals surface area contributed by atoms with Crippen LogP contribution in [0.5, 0.6) is 0 Å². The summed E-state index contributed by atoms with van der Waals surface area (Å²) in [6, 6.07) is -1.02. The molecule has 17 heavy (non-hydrogen) atoms. The molecule has 0 N–H and O–H groups in total. The van der Waals surface area contributed by atoms with Gasteiger partial charge in [0, 0.05) is 6.92 Å². The molecule has 2 atom stereocenters. The van der Waals surface area contributed by atoms with Crippen molar-refractivity contribution in [2.45, 2.75) is 32.2 Å². The first-order chi connectivity index (χ1) is 7.72. The van der Waals surface area contributed by atoms with Gasteiger partial charge in [-0.1, -0.05) is 13.8 Å². The van der Waals surface area contributed by atoms with Crippen LogP contribution >= 0.6 is 0 Å². The average molecular weight is 263 g/mol. The first-order valence-corrected chi connectivity index (χ1v) is 7.02. The van der Waals surface area contributed by atoms with Crippen molar-refractivity contribution in [3.05, 3.63) is 0 Å². The standard InChI is InChI=1S/C10H17NO5S/c1-6(2)9-11(7(3)12)8(10(13)16-4)5-17(9,14)15/h6,8-9H,5H2,1-4H3/t8-,9?/m0/s1. The Morgan fingerprint density at radius 1 is 1.35 bits per heavy atom. The van der Waals surface area contributed by atoms with E-state index in [1.165, 1.54) is 14.0 Å². The van der Waals surface area contributed by atoms with Crippen molar-refractivity contribution >= 4 is 21.7 Å². The Hall–Kier alpha value is -1.11. The van der Waals surface area contributed by atoms with Crippen molar-refractivity contribution < 1.29 is 22.7 Å². The number of hydrogen-bond acceptors (Lipinski definition) is 5. The van der Waals surface area contributed by atoms with Gasteiger partial charge in [-0.3, -0.25) is 4.79 Å². The van der Waals surface area contributed by atoms with Crippen molar-refractivity contribution in [1.29, 1.82) is 0 Å². The fourth-order valence-corrected chi connectivity index (χ4v) is 4.61. The van der Waals surface area contributed by atoms with Gasteiger partial charge >= 0.3 is 5.97 Å². The Bertz CT molecular complexity index is 428. The Labute approximate surface area is 101 Å². The lowest BCUT2D eigenvalue weighted by molar-refractivity contribution is -0.151. The van der Waals surface area contributed by atoms with Crippen LogP contribution < -0.4 is 0 Å². The van der Waals surface area contributed by atoms with Crippen LogP contribution in [0, 0.1) is 5.92 Å². The van der Waals surface area contributed by atoms with E-state index in [1.54, 1.807) is 13.8 Å². The number of amides is 1. The molecule has 0 saturated carbocycles. The summed E-state index contributed by atoms with van der Waals surface area (Å²) in [6.45, 7) is 4.67. The van der Waals surface area contributed by atoms with Crippen LogP contribution in [0.15, 0.2) is 0 Å². The lowest BCUT2D eigenvalue weighted by Gasteiger charge is -2.28. The second kappa shape index (κ2) is 4.64. The smallest absolute Gasteiger partial charge is 0.329 e. The highest BCUT2D eigenvalue weighted by atomic mass is 32.2. The second-order valence-corrected chi connectivity index (χ2v) is 6.57. The zero-order valence-electron chi connectivity index (χ0n) is 10.3. The van der Waals surface area contributed by atoms with Gasteiger partial charge in [-0.2, -0.15) is 0 Å². The van der Waals surface area contributed by atoms with Gasteiger partial charge in [-0.15, -0.1) is 0 Å². The number of carbonyl (C=O) groups excluding carboxylic acids is 2. The van der Waals surface area contributed by atoms with Crippen molar-refractivity contribution in [3.63, 3.8) is 0 Å². The van der Waals surface area contributed by atoms with E-state index in [0.29, 0.717) is 0 Å². The molecule has 1 rings (SSSR count). The molecular weight excluding hydrogens is 246 g/mol. The first kappa shape index (κ1) is 14.0. The number of nitrogens with zero attached hydrogens (tertiary/aromatic N) is 1. The number of ether oxygens (including phenoxy) is 1. The van der Waals surface area contributed by atoms with E-state index < -0.39 is 33.1 Å². The maximum atomic E-state index is 11.9. The summed E-state index contributed by atoms with van der Waals surface area (Å²) in [5.74, 6) is -1.74. The lowest BCUT2D eigenvalue weighted by atomic mass is 10.1. The van der Waals surface area contributed by atoms with Crippen LogP contribution in [0.3, 0.4) is 0 Å². The number of methoxy groups -OCH3 is 1. The molecule has 98 valence electrons. The molecule has 0 spiro atoms. The van der Waals surface area contributed by atoms with Crippen LogP contribution in [0.25, 0.3) is 0 Å². The minimum Gasteiger partial charge on any atom is -0.467 e. The molecule has 0 aromatic heterocycles. The van der Waals surface area contributed by atoms with E-state index in [2.05, 4.69) is 4.74 Å². The Morgan fingerprint density at radius 2 is 1.88 bits per heavy atom. The van der Waals surface area contributed by atoms with Gasteiger partial charge in [-0.05, 0) is 5.92 Å². The highest BCUT2D eigenvalue weighted by Gasteiger charge is 2.51. The number of esters is 1. The van der Waals surface area contributed by atoms with E-state index >= 15 is 0 Å². The normalized spacial score (nSPS) is 27.2. The minimum absolute atomic E-state index is 0.265. The molecule has 0 radical (unpaired) electrons. The van der Waals surface area contributed by atoms with E-state index in [-0.39, 0.29) is 11.7 Å². The third-order valence-corrected chi connectivity index (χ3v) is 5.06. The third-order valence-electron chi connectivity index (χ3n) is 2.78. The predicted octanol–water partition coefficient (Wildman–Crippen LogP) is -0.213. The van der Waals surface area contributed by atoms with Crippen LogP contribution in [0.2, 0.25) is 0 Å². The summed E-state index contributed by atoms with van der Waals surface area (Å²) in [4.78, 5) is 24.2. The fourth-order valence-electron chi connectivity index (χ4n) is 2.20. The largest absolute Gasteiger partial charge is 0.467 e. The van der Waals surface area contributed by atoms with Gasteiger partial charge in [0.05, 0.1) is 12.9 Å². The monoisotopic (exact) mass is 263 g/mol. The SMILES string of the molecule is COC(=O)[C@@H]1CS(=O)(=O)C(C(C)C)N1C(C)=O. The topological polar surface area (TPSA) is 80.8 Å². The first-order valence-electron chi connectivity index (χ1n) is 5.30. The summed E-state index contributed by atoms with van der Waals surface area (Å²) in [5.41, 5.74) is 0. The Kier molecular flexibility index (Phi) is 3.81. The van der Waals surface area contributed by atoms with Crippen LogP contribution in [-0.4, -0.2) is 49.5 Å². The molecule has 1 heterocycles. The van der Waals surface area contributed by atoms with E-state index in [9.17, 15) is 18.0 Å². The molecule has 0 bridgehead atoms. The van der Waals surface area contributed by atoms with Gasteiger partial charge < -0.3 is 9.64 Å². The summed E-state index contributed by atoms with van der Waals surface area (Å²) in [7, 11) is -2.30. The van der Waals surface area contributed by atoms with E-state index in [1.807, 2.05) is 0 Å². The average Bonchev–Trinajstić information content (AvgIpc) is 2.48. The molecule has 0 aromatic rings. The zero-order valence-corrected chi connectivity index (χ0v) is 11.2. The van der Waals surface area contributed by atoms with Gasteiger partial charge in [0.2, 0.25) is 5.91 Å². The lowest BCUT2D eigenvalue weighted by Crippen LogP contribution is -2.47. The predicted molar refractivity (Wildman–Crippen MR) is 60.7 cm³/mol. The molecule has 1 saturated heterocycles. The van der Waals surface area contributed by atoms with Gasteiger partial charge in [0.25, 0.3) is 0 Å². The Balaban J connectivity index is 3.22. The molecule has 0 aliphatic carbocycles. The fraction of sp³-hybridized carbons (Fsp3) is 0.800. The zero-order chi connectivity index (χ0) is 13.4. The van der Waals surface area contributed by atoms with Crippen LogP contribution in [-0.2, 0) is 24.2 Å². The second-order valence-electron chi connectivity index (χ2n) is 4.43. The highest BCUT2D eigenvalue weighted by Crippen LogP contribution is 2.29. The van der Waals surface area contributed by atoms with Gasteiger partial charge in [0.15, 0.2) is 9.84 Å². The number of carbonyl (C=O) groups is 2. The molecule has 0 aromatic carbocycles. The number of sulfone groups is 1. The summed E-state index contributed by atoms with van der Waals surface area (Å²) >= 11 is 0. The molecule has 1 fully saturated rings. The molecule has 1 amide bonds. The number of rotatable bonds is 2. The molecule has 1 aliphatic heterocycles. The van der Waals surface area contributed by atoms with Crippen LogP contribution in [0.1, 0.15) is 20.8 Å². The minimum atomic E-state index is -3.48. The molecule has 7 heteroatoms. The van der Waals surface area contributed by atoms with Crippen molar-refractivity contribution in [2.75, 3.05) is 12.9 Å². The van der Waals surface area contributed by atoms with E-state index in [4.69, 9.17) is 0 Å². The summed E-state index contributed by atoms with van der Waals surface area (Å²) in [6.07, 6.45) is 0. The third kappa shape index (κ3) is 2.43. The van der Waals surface area contributed by atoms with Crippen LogP contribution in [0.4, 0.5) is 0 Å². The molecular formula is C10H17NO5S. The van der Waals surface area contributed by atoms with Crippen molar-refractivity contribution in [1.82, 2.24) is 4.90 Å². The van der Waals surface area contributed by atoms with Gasteiger partial charge in [-0.25, -0.2) is 13.2 Å². The summed E-state index contributed by atoms with van der Waals surface area (Å²) in [5, 5.41) is -0.941. The maximum absolute atomic E-state index is 11.9. The maximum Gasteiger partial charge on any atom is 0.329 e. The molecule has 1 aliphatic rings. The Morgan fingerprint density at radius 3 is 2.24 bits per heavy atom. The molecule has 6 nitrogen and oxygen atoms in total. The van der Waals surface area contributed by atoms with E-state index in [0.717, 1.165) is 4.90 Å². The highest BCUT2D eigenvalue weighted by molar-refractivity contribution is 7.92. The summed E-state index contributed by atoms with van der Waals surface area (Å²) < 4.78 is 28.4. The molecule has 1 unspecified atom stereocenters. The number of hydrogen-bond donors (Lipinski definition) is 0. The quantitative estimate of drug-likeness (QED) is 0.644.